The second kappa shape index (κ2) is 6.44. The molecular weight excluding hydrogens is 198 g/mol. The molecule has 0 spiro atoms. The summed E-state index contributed by atoms with van der Waals surface area (Å²) in [4.78, 5) is 12.3. The zero-order chi connectivity index (χ0) is 12.0. The SMILES string of the molecule is CC(C)Cc1ccc(CN(C)CC=O)cc1. The fraction of sp³-hybridized carbons (Fsp3) is 0.500. The van der Waals surface area contributed by atoms with Gasteiger partial charge in [-0.3, -0.25) is 4.90 Å². The van der Waals surface area contributed by atoms with Gasteiger partial charge in [0.2, 0.25) is 0 Å². The molecule has 0 radical (unpaired) electrons. The Morgan fingerprint density at radius 3 is 2.25 bits per heavy atom. The van der Waals surface area contributed by atoms with Gasteiger partial charge in [-0.1, -0.05) is 38.1 Å². The lowest BCUT2D eigenvalue weighted by molar-refractivity contribution is -0.108. The van der Waals surface area contributed by atoms with Gasteiger partial charge in [-0.2, -0.15) is 0 Å². The number of rotatable bonds is 6. The van der Waals surface area contributed by atoms with Crippen LogP contribution in [-0.2, 0) is 17.8 Å². The van der Waals surface area contributed by atoms with Crippen molar-refractivity contribution < 1.29 is 4.79 Å². The van der Waals surface area contributed by atoms with Crippen LogP contribution in [0.2, 0.25) is 0 Å². The van der Waals surface area contributed by atoms with Crippen LogP contribution in [0.15, 0.2) is 24.3 Å². The topological polar surface area (TPSA) is 20.3 Å². The molecule has 1 aromatic carbocycles. The Morgan fingerprint density at radius 2 is 1.75 bits per heavy atom. The highest BCUT2D eigenvalue weighted by Gasteiger charge is 2.01. The second-order valence-corrected chi connectivity index (χ2v) is 4.78. The number of hydrogen-bond donors (Lipinski definition) is 0. The van der Waals surface area contributed by atoms with Crippen molar-refractivity contribution in [2.24, 2.45) is 5.92 Å². The Morgan fingerprint density at radius 1 is 1.19 bits per heavy atom. The molecule has 88 valence electrons. The summed E-state index contributed by atoms with van der Waals surface area (Å²) in [5.41, 5.74) is 2.65. The van der Waals surface area contributed by atoms with E-state index in [9.17, 15) is 4.79 Å². The van der Waals surface area contributed by atoms with Crippen LogP contribution in [-0.4, -0.2) is 24.8 Å². The molecule has 0 heterocycles. The summed E-state index contributed by atoms with van der Waals surface area (Å²) in [7, 11) is 1.95. The predicted molar refractivity (Wildman–Crippen MR) is 67.4 cm³/mol. The van der Waals surface area contributed by atoms with E-state index < -0.39 is 0 Å². The predicted octanol–water partition coefficient (Wildman–Crippen LogP) is 2.52. The fourth-order valence-electron chi connectivity index (χ4n) is 1.76. The number of aldehydes is 1. The molecule has 0 aromatic heterocycles. The Bertz CT molecular complexity index is 316. The second-order valence-electron chi connectivity index (χ2n) is 4.78. The number of benzene rings is 1. The summed E-state index contributed by atoms with van der Waals surface area (Å²) < 4.78 is 0. The summed E-state index contributed by atoms with van der Waals surface area (Å²) in [6.07, 6.45) is 2.07. The minimum absolute atomic E-state index is 0.494. The standard InChI is InChI=1S/C14H21NO/c1-12(2)10-13-4-6-14(7-5-13)11-15(3)8-9-16/h4-7,9,12H,8,10-11H2,1-3H3. The molecule has 0 aliphatic heterocycles. The Labute approximate surface area is 98.3 Å². The molecule has 0 atom stereocenters. The van der Waals surface area contributed by atoms with Crippen LogP contribution in [0.25, 0.3) is 0 Å². The van der Waals surface area contributed by atoms with Gasteiger partial charge < -0.3 is 4.79 Å². The summed E-state index contributed by atoms with van der Waals surface area (Å²) in [5, 5.41) is 0. The van der Waals surface area contributed by atoms with Gasteiger partial charge >= 0.3 is 0 Å². The van der Waals surface area contributed by atoms with Crippen molar-refractivity contribution in [3.8, 4) is 0 Å². The van der Waals surface area contributed by atoms with E-state index in [4.69, 9.17) is 0 Å². The lowest BCUT2D eigenvalue weighted by atomic mass is 10.0. The maximum absolute atomic E-state index is 10.3. The highest BCUT2D eigenvalue weighted by molar-refractivity contribution is 5.51. The molecule has 1 rings (SSSR count). The van der Waals surface area contributed by atoms with Gasteiger partial charge in [-0.15, -0.1) is 0 Å². The van der Waals surface area contributed by atoms with E-state index in [1.807, 2.05) is 11.9 Å². The molecule has 16 heavy (non-hydrogen) atoms. The van der Waals surface area contributed by atoms with Crippen LogP contribution in [0.5, 0.6) is 0 Å². The van der Waals surface area contributed by atoms with Crippen molar-refractivity contribution in [2.45, 2.75) is 26.8 Å². The Kier molecular flexibility index (Phi) is 5.20. The molecule has 0 saturated carbocycles. The third-order valence-electron chi connectivity index (χ3n) is 2.51. The van der Waals surface area contributed by atoms with Crippen LogP contribution in [0.1, 0.15) is 25.0 Å². The van der Waals surface area contributed by atoms with E-state index in [0.717, 1.165) is 19.3 Å². The van der Waals surface area contributed by atoms with E-state index in [1.54, 1.807) is 0 Å². The molecular formula is C14H21NO. The molecule has 2 heteroatoms. The third kappa shape index (κ3) is 4.58. The van der Waals surface area contributed by atoms with Gasteiger partial charge in [0.25, 0.3) is 0 Å². The number of carbonyl (C=O) groups excluding carboxylic acids is 1. The van der Waals surface area contributed by atoms with E-state index >= 15 is 0 Å². The molecule has 0 fully saturated rings. The molecule has 1 aromatic rings. The molecule has 0 aliphatic rings. The van der Waals surface area contributed by atoms with Crippen LogP contribution in [0.3, 0.4) is 0 Å². The fourth-order valence-corrected chi connectivity index (χ4v) is 1.76. The Balaban J connectivity index is 2.54. The minimum Gasteiger partial charge on any atom is -0.302 e. The van der Waals surface area contributed by atoms with Crippen LogP contribution in [0.4, 0.5) is 0 Å². The highest BCUT2D eigenvalue weighted by atomic mass is 16.1. The first-order chi connectivity index (χ1) is 7.61. The van der Waals surface area contributed by atoms with Crippen LogP contribution >= 0.6 is 0 Å². The van der Waals surface area contributed by atoms with Crippen molar-refractivity contribution in [3.63, 3.8) is 0 Å². The van der Waals surface area contributed by atoms with Crippen molar-refractivity contribution in [1.29, 1.82) is 0 Å². The molecule has 0 amide bonds. The number of carbonyl (C=O) groups is 1. The summed E-state index contributed by atoms with van der Waals surface area (Å²) in [5.74, 6) is 0.698. The smallest absolute Gasteiger partial charge is 0.133 e. The zero-order valence-electron chi connectivity index (χ0n) is 10.4. The lowest BCUT2D eigenvalue weighted by Gasteiger charge is -2.13. The van der Waals surface area contributed by atoms with Gasteiger partial charge in [0, 0.05) is 6.54 Å². The van der Waals surface area contributed by atoms with E-state index in [2.05, 4.69) is 38.1 Å². The van der Waals surface area contributed by atoms with Gasteiger partial charge in [-0.25, -0.2) is 0 Å². The van der Waals surface area contributed by atoms with Gasteiger partial charge in [-0.05, 0) is 30.5 Å². The maximum Gasteiger partial charge on any atom is 0.133 e. The minimum atomic E-state index is 0.494. The van der Waals surface area contributed by atoms with Gasteiger partial charge in [0.05, 0.1) is 6.54 Å². The summed E-state index contributed by atoms with van der Waals surface area (Å²) in [6, 6.07) is 8.67. The monoisotopic (exact) mass is 219 g/mol. The molecule has 0 bridgehead atoms. The number of nitrogens with zero attached hydrogens (tertiary/aromatic N) is 1. The quantitative estimate of drug-likeness (QED) is 0.685. The van der Waals surface area contributed by atoms with Crippen molar-refractivity contribution in [1.82, 2.24) is 4.90 Å². The lowest BCUT2D eigenvalue weighted by Crippen LogP contribution is -2.19. The van der Waals surface area contributed by atoms with Crippen molar-refractivity contribution >= 4 is 6.29 Å². The molecule has 0 saturated heterocycles. The molecule has 0 N–H and O–H groups in total. The van der Waals surface area contributed by atoms with E-state index in [1.165, 1.54) is 11.1 Å². The number of hydrogen-bond acceptors (Lipinski definition) is 2. The average molecular weight is 219 g/mol. The van der Waals surface area contributed by atoms with E-state index in [0.29, 0.717) is 12.5 Å². The zero-order valence-corrected chi connectivity index (χ0v) is 10.4. The largest absolute Gasteiger partial charge is 0.302 e. The van der Waals surface area contributed by atoms with Crippen LogP contribution in [0, 0.1) is 5.92 Å². The maximum atomic E-state index is 10.3. The first kappa shape index (κ1) is 12.9. The van der Waals surface area contributed by atoms with Crippen molar-refractivity contribution in [3.05, 3.63) is 35.4 Å². The molecule has 0 aliphatic carbocycles. The molecule has 2 nitrogen and oxygen atoms in total. The van der Waals surface area contributed by atoms with Gasteiger partial charge in [0.1, 0.15) is 6.29 Å². The summed E-state index contributed by atoms with van der Waals surface area (Å²) in [6.45, 7) is 5.78. The first-order valence-electron chi connectivity index (χ1n) is 5.82. The molecule has 0 unspecified atom stereocenters. The normalized spacial score (nSPS) is 11.1. The average Bonchev–Trinajstić information content (AvgIpc) is 2.20. The number of likely N-dealkylation sites (N-methyl/N-ethyl adjacent to an activating group) is 1. The van der Waals surface area contributed by atoms with Gasteiger partial charge in [0.15, 0.2) is 0 Å². The highest BCUT2D eigenvalue weighted by Crippen LogP contribution is 2.10. The van der Waals surface area contributed by atoms with Crippen LogP contribution < -0.4 is 0 Å². The summed E-state index contributed by atoms with van der Waals surface area (Å²) >= 11 is 0. The van der Waals surface area contributed by atoms with Crippen molar-refractivity contribution in [2.75, 3.05) is 13.6 Å². The third-order valence-corrected chi connectivity index (χ3v) is 2.51. The van der Waals surface area contributed by atoms with E-state index in [-0.39, 0.29) is 0 Å². The first-order valence-corrected chi connectivity index (χ1v) is 5.82. The Hall–Kier alpha value is -1.15.